The molecule has 0 saturated carbocycles. The monoisotopic (exact) mass is 251 g/mol. The lowest BCUT2D eigenvalue weighted by molar-refractivity contribution is -0.125. The number of alkyl halides is 1. The van der Waals surface area contributed by atoms with Crippen molar-refractivity contribution in [3.63, 3.8) is 0 Å². The van der Waals surface area contributed by atoms with Crippen molar-refractivity contribution in [3.8, 4) is 0 Å². The number of rotatable bonds is 2. The molecule has 2 atom stereocenters. The van der Waals surface area contributed by atoms with Gasteiger partial charge in [-0.15, -0.1) is 11.6 Å². The molecule has 1 fully saturated rings. The van der Waals surface area contributed by atoms with Crippen LogP contribution in [-0.4, -0.2) is 17.2 Å². The third-order valence-electron chi connectivity index (χ3n) is 3.03. The number of imide groups is 1. The minimum absolute atomic E-state index is 0.313. The molecule has 2 rings (SSSR count). The van der Waals surface area contributed by atoms with Crippen molar-refractivity contribution in [2.75, 3.05) is 0 Å². The fourth-order valence-corrected chi connectivity index (χ4v) is 2.28. The first-order valence-electron chi connectivity index (χ1n) is 5.59. The van der Waals surface area contributed by atoms with E-state index in [9.17, 15) is 9.59 Å². The molecule has 2 amide bonds. The predicted molar refractivity (Wildman–Crippen MR) is 66.1 cm³/mol. The second-order valence-corrected chi connectivity index (χ2v) is 5.02. The highest BCUT2D eigenvalue weighted by Crippen LogP contribution is 2.29. The lowest BCUT2D eigenvalue weighted by atomic mass is 9.94. The number of hydrogen-bond acceptors (Lipinski definition) is 2. The lowest BCUT2D eigenvalue weighted by Crippen LogP contribution is -2.22. The first-order chi connectivity index (χ1) is 8.00. The Morgan fingerprint density at radius 3 is 2.12 bits per heavy atom. The second kappa shape index (κ2) is 4.49. The van der Waals surface area contributed by atoms with Crippen molar-refractivity contribution < 1.29 is 9.59 Å². The highest BCUT2D eigenvalue weighted by molar-refractivity contribution is 6.37. The van der Waals surface area contributed by atoms with Gasteiger partial charge in [0.05, 0.1) is 5.92 Å². The number of amides is 2. The average Bonchev–Trinajstić information content (AvgIpc) is 2.53. The van der Waals surface area contributed by atoms with Crippen molar-refractivity contribution in [2.45, 2.75) is 31.1 Å². The number of halogens is 1. The lowest BCUT2D eigenvalue weighted by Gasteiger charge is -2.11. The Bertz CT molecular complexity index is 453. The topological polar surface area (TPSA) is 46.2 Å². The van der Waals surface area contributed by atoms with Crippen LogP contribution < -0.4 is 5.32 Å². The normalized spacial score (nSPS) is 24.2. The Balaban J connectivity index is 2.28. The van der Waals surface area contributed by atoms with Crippen molar-refractivity contribution in [3.05, 3.63) is 35.4 Å². The van der Waals surface area contributed by atoms with E-state index < -0.39 is 17.2 Å². The minimum atomic E-state index is -0.799. The maximum atomic E-state index is 11.6. The van der Waals surface area contributed by atoms with Gasteiger partial charge < -0.3 is 0 Å². The van der Waals surface area contributed by atoms with Gasteiger partial charge in [0.25, 0.3) is 0 Å². The van der Waals surface area contributed by atoms with Gasteiger partial charge in [-0.25, -0.2) is 0 Å². The van der Waals surface area contributed by atoms with Gasteiger partial charge in [-0.3, -0.25) is 14.9 Å². The van der Waals surface area contributed by atoms with E-state index >= 15 is 0 Å². The SMILES string of the molecule is CC(C)c1ccc(C2C(=O)NC(=O)C2Cl)cc1. The molecule has 2 unspecified atom stereocenters. The Labute approximate surface area is 105 Å². The van der Waals surface area contributed by atoms with Crippen LogP contribution in [0.4, 0.5) is 0 Å². The quantitative estimate of drug-likeness (QED) is 0.647. The zero-order valence-electron chi connectivity index (χ0n) is 9.74. The number of carbonyl (C=O) groups excluding carboxylic acids is 2. The van der Waals surface area contributed by atoms with Gasteiger partial charge in [0.1, 0.15) is 5.38 Å². The summed E-state index contributed by atoms with van der Waals surface area (Å²) in [5, 5.41) is 1.44. The summed E-state index contributed by atoms with van der Waals surface area (Å²) in [7, 11) is 0. The first-order valence-corrected chi connectivity index (χ1v) is 6.03. The van der Waals surface area contributed by atoms with Crippen LogP contribution in [-0.2, 0) is 9.59 Å². The molecular formula is C13H14ClNO2. The smallest absolute Gasteiger partial charge is 0.245 e. The zero-order chi connectivity index (χ0) is 12.6. The fraction of sp³-hybridized carbons (Fsp3) is 0.385. The Morgan fingerprint density at radius 2 is 1.71 bits per heavy atom. The average molecular weight is 252 g/mol. The van der Waals surface area contributed by atoms with E-state index in [0.29, 0.717) is 5.92 Å². The summed E-state index contributed by atoms with van der Waals surface area (Å²) in [6, 6.07) is 7.68. The van der Waals surface area contributed by atoms with E-state index in [4.69, 9.17) is 11.6 Å². The molecule has 0 bridgehead atoms. The molecule has 1 heterocycles. The summed E-state index contributed by atoms with van der Waals surface area (Å²) in [5.41, 5.74) is 1.99. The number of hydrogen-bond donors (Lipinski definition) is 1. The van der Waals surface area contributed by atoms with Crippen LogP contribution in [0.25, 0.3) is 0 Å². The van der Waals surface area contributed by atoms with Crippen LogP contribution in [0.3, 0.4) is 0 Å². The minimum Gasteiger partial charge on any atom is -0.295 e. The number of benzene rings is 1. The molecule has 0 aromatic heterocycles. The van der Waals surface area contributed by atoms with E-state index in [0.717, 1.165) is 5.56 Å². The van der Waals surface area contributed by atoms with E-state index in [1.54, 1.807) is 0 Å². The van der Waals surface area contributed by atoms with Gasteiger partial charge in [0.2, 0.25) is 11.8 Å². The van der Waals surface area contributed by atoms with Crippen LogP contribution in [0.5, 0.6) is 0 Å². The summed E-state index contributed by atoms with van der Waals surface area (Å²) < 4.78 is 0. The molecule has 1 N–H and O–H groups in total. The van der Waals surface area contributed by atoms with Gasteiger partial charge >= 0.3 is 0 Å². The fourth-order valence-electron chi connectivity index (χ4n) is 1.96. The molecule has 3 nitrogen and oxygen atoms in total. The van der Waals surface area contributed by atoms with Gasteiger partial charge in [0.15, 0.2) is 0 Å². The van der Waals surface area contributed by atoms with Gasteiger partial charge in [-0.2, -0.15) is 0 Å². The van der Waals surface area contributed by atoms with Gasteiger partial charge in [-0.1, -0.05) is 38.1 Å². The second-order valence-electron chi connectivity index (χ2n) is 4.55. The summed E-state index contributed by atoms with van der Waals surface area (Å²) in [5.74, 6) is -0.845. The van der Waals surface area contributed by atoms with E-state index in [1.807, 2.05) is 24.3 Å². The molecular weight excluding hydrogens is 238 g/mol. The highest BCUT2D eigenvalue weighted by Gasteiger charge is 2.41. The Hall–Kier alpha value is -1.35. The third-order valence-corrected chi connectivity index (χ3v) is 3.48. The van der Waals surface area contributed by atoms with Crippen molar-refractivity contribution >= 4 is 23.4 Å². The molecule has 0 spiro atoms. The number of nitrogens with one attached hydrogen (secondary N) is 1. The van der Waals surface area contributed by atoms with Crippen molar-refractivity contribution in [1.29, 1.82) is 0 Å². The maximum Gasteiger partial charge on any atom is 0.245 e. The molecule has 1 aromatic carbocycles. The highest BCUT2D eigenvalue weighted by atomic mass is 35.5. The Kier molecular flexibility index (Phi) is 3.20. The van der Waals surface area contributed by atoms with Crippen LogP contribution in [0.1, 0.15) is 36.8 Å². The molecule has 90 valence electrons. The molecule has 1 aliphatic rings. The third kappa shape index (κ3) is 2.20. The zero-order valence-corrected chi connectivity index (χ0v) is 10.5. The number of carbonyl (C=O) groups is 2. The molecule has 0 radical (unpaired) electrons. The summed E-state index contributed by atoms with van der Waals surface area (Å²) >= 11 is 5.93. The Morgan fingerprint density at radius 1 is 1.12 bits per heavy atom. The molecule has 1 saturated heterocycles. The van der Waals surface area contributed by atoms with E-state index in [1.165, 1.54) is 5.56 Å². The summed E-state index contributed by atoms with van der Waals surface area (Å²) in [6.07, 6.45) is 0. The molecule has 0 aliphatic carbocycles. The summed E-state index contributed by atoms with van der Waals surface area (Å²) in [6.45, 7) is 4.20. The molecule has 17 heavy (non-hydrogen) atoms. The standard InChI is InChI=1S/C13H14ClNO2/c1-7(2)8-3-5-9(6-4-8)10-11(14)13(17)15-12(10)16/h3-7,10-11H,1-2H3,(H,15,16,17). The van der Waals surface area contributed by atoms with Crippen LogP contribution in [0.15, 0.2) is 24.3 Å². The largest absolute Gasteiger partial charge is 0.295 e. The van der Waals surface area contributed by atoms with E-state index in [-0.39, 0.29) is 5.91 Å². The maximum absolute atomic E-state index is 11.6. The molecule has 1 aliphatic heterocycles. The van der Waals surface area contributed by atoms with Crippen molar-refractivity contribution in [2.24, 2.45) is 0 Å². The van der Waals surface area contributed by atoms with Crippen LogP contribution in [0, 0.1) is 0 Å². The molecule has 1 aromatic rings. The first kappa shape index (κ1) is 12.1. The van der Waals surface area contributed by atoms with E-state index in [2.05, 4.69) is 19.2 Å². The summed E-state index contributed by atoms with van der Waals surface area (Å²) in [4.78, 5) is 22.9. The predicted octanol–water partition coefficient (Wildman–Crippen LogP) is 2.16. The van der Waals surface area contributed by atoms with Gasteiger partial charge in [-0.05, 0) is 17.0 Å². The van der Waals surface area contributed by atoms with Gasteiger partial charge in [0, 0.05) is 0 Å². The van der Waals surface area contributed by atoms with Crippen LogP contribution >= 0.6 is 11.6 Å². The molecule has 4 heteroatoms. The van der Waals surface area contributed by atoms with Crippen molar-refractivity contribution in [1.82, 2.24) is 5.32 Å². The van der Waals surface area contributed by atoms with Crippen LogP contribution in [0.2, 0.25) is 0 Å².